The first kappa shape index (κ1) is 17.1. The molecule has 0 fully saturated rings. The van der Waals surface area contributed by atoms with Crippen LogP contribution in [0.5, 0.6) is 0 Å². The van der Waals surface area contributed by atoms with Gasteiger partial charge in [-0.05, 0) is 0 Å². The third-order valence-electron chi connectivity index (χ3n) is 0.412. The maximum Gasteiger partial charge on any atom is 0.325 e. The molecule has 0 aromatic carbocycles. The van der Waals surface area contributed by atoms with Crippen molar-refractivity contribution in [2.24, 2.45) is 0 Å². The predicted octanol–water partition coefficient (Wildman–Crippen LogP) is -0.0141. The van der Waals surface area contributed by atoms with E-state index in [-0.39, 0.29) is 6.16 Å². The molecule has 0 saturated heterocycles. The predicted molar refractivity (Wildman–Crippen MR) is 39.4 cm³/mol. The minimum atomic E-state index is -3.65. The summed E-state index contributed by atoms with van der Waals surface area (Å²) in [6.07, 6.45) is 1.44. The van der Waals surface area contributed by atoms with Gasteiger partial charge in [-0.3, -0.25) is 4.57 Å². The van der Waals surface area contributed by atoms with Gasteiger partial charge in [0, 0.05) is 6.16 Å². The van der Waals surface area contributed by atoms with Gasteiger partial charge in [-0.1, -0.05) is 6.92 Å². The Balaban J connectivity index is -0.000000115. The summed E-state index contributed by atoms with van der Waals surface area (Å²) in [7, 11) is -3.65. The van der Waals surface area contributed by atoms with E-state index in [4.69, 9.17) is 30.2 Å². The molecular formula is C4H9N2O5P. The summed E-state index contributed by atoms with van der Waals surface area (Å²) in [6, 6.07) is 0. The van der Waals surface area contributed by atoms with Crippen molar-refractivity contribution >= 4 is 19.8 Å². The van der Waals surface area contributed by atoms with E-state index in [9.17, 15) is 4.57 Å². The van der Waals surface area contributed by atoms with Crippen molar-refractivity contribution in [3.05, 3.63) is 0 Å². The van der Waals surface area contributed by atoms with Crippen LogP contribution in [0.25, 0.3) is 0 Å². The van der Waals surface area contributed by atoms with Crippen molar-refractivity contribution < 1.29 is 23.9 Å². The van der Waals surface area contributed by atoms with Crippen LogP contribution < -0.4 is 0 Å². The fourth-order valence-corrected chi connectivity index (χ4v) is 0. The Bertz CT molecular complexity index is 185. The number of carbonyl (C=O) groups excluding carboxylic acids is 2. The van der Waals surface area contributed by atoms with Gasteiger partial charge in [0.2, 0.25) is 12.2 Å². The molecule has 0 atom stereocenters. The molecule has 0 rings (SSSR count). The minimum Gasteiger partial charge on any atom is -0.324 e. The van der Waals surface area contributed by atoms with Gasteiger partial charge in [-0.2, -0.15) is 0 Å². The first-order valence-corrected chi connectivity index (χ1v) is 4.31. The zero-order chi connectivity index (χ0) is 10.6. The highest BCUT2D eigenvalue weighted by molar-refractivity contribution is 7.51. The van der Waals surface area contributed by atoms with Crippen molar-refractivity contribution in [3.63, 3.8) is 0 Å². The lowest BCUT2D eigenvalue weighted by atomic mass is 11.0. The highest BCUT2D eigenvalue weighted by Crippen LogP contribution is 2.32. The Morgan fingerprint density at radius 3 is 1.33 bits per heavy atom. The van der Waals surface area contributed by atoms with Gasteiger partial charge >= 0.3 is 7.60 Å². The van der Waals surface area contributed by atoms with Gasteiger partial charge < -0.3 is 9.79 Å². The van der Waals surface area contributed by atoms with Gasteiger partial charge in [-0.15, -0.1) is 0 Å². The number of rotatable bonds is 1. The molecule has 0 aromatic rings. The number of nitrogens with one attached hydrogen (secondary N) is 2. The average Bonchev–Trinajstić information content (AvgIpc) is 1.90. The third kappa shape index (κ3) is 153. The molecule has 0 aromatic heterocycles. The van der Waals surface area contributed by atoms with E-state index in [0.717, 1.165) is 12.2 Å². The lowest BCUT2D eigenvalue weighted by Crippen LogP contribution is -1.76. The molecule has 0 spiro atoms. The standard InChI is InChI=1S/C2H7O3P.2CHNO/c1-2-6(3,4)5;2*2-1-3/h2H2,1H3,(H2,3,4,5);2*2H. The fourth-order valence-electron chi connectivity index (χ4n) is 0. The van der Waals surface area contributed by atoms with E-state index in [1.54, 1.807) is 0 Å². The van der Waals surface area contributed by atoms with Crippen molar-refractivity contribution in [2.45, 2.75) is 6.92 Å². The normalized spacial score (nSPS) is 7.25. The van der Waals surface area contributed by atoms with Gasteiger partial charge in [0.15, 0.2) is 0 Å². The van der Waals surface area contributed by atoms with Crippen LogP contribution in [-0.4, -0.2) is 28.1 Å². The average molecular weight is 196 g/mol. The van der Waals surface area contributed by atoms with Crippen molar-refractivity contribution in [3.8, 4) is 0 Å². The van der Waals surface area contributed by atoms with E-state index >= 15 is 0 Å². The van der Waals surface area contributed by atoms with Crippen LogP contribution in [0.3, 0.4) is 0 Å². The summed E-state index contributed by atoms with van der Waals surface area (Å²) >= 11 is 0. The Labute approximate surface area is 68.6 Å². The quantitative estimate of drug-likeness (QED) is 0.265. The summed E-state index contributed by atoms with van der Waals surface area (Å²) in [5, 5.41) is 10.8. The topological polar surface area (TPSA) is 139 Å². The molecule has 0 aliphatic carbocycles. The highest BCUT2D eigenvalue weighted by Gasteiger charge is 2.05. The lowest BCUT2D eigenvalue weighted by Gasteiger charge is -1.92. The molecule has 70 valence electrons. The van der Waals surface area contributed by atoms with E-state index < -0.39 is 7.60 Å². The smallest absolute Gasteiger partial charge is 0.324 e. The molecule has 0 heterocycles. The molecule has 0 bridgehead atoms. The summed E-state index contributed by atoms with van der Waals surface area (Å²) in [4.78, 5) is 32.6. The van der Waals surface area contributed by atoms with Crippen molar-refractivity contribution in [2.75, 3.05) is 6.16 Å². The molecular weight excluding hydrogens is 187 g/mol. The van der Waals surface area contributed by atoms with Gasteiger partial charge in [0.05, 0.1) is 0 Å². The van der Waals surface area contributed by atoms with Crippen LogP contribution in [0.15, 0.2) is 0 Å². The third-order valence-corrected chi connectivity index (χ3v) is 1.24. The van der Waals surface area contributed by atoms with Gasteiger partial charge in [0.1, 0.15) is 0 Å². The molecule has 0 aliphatic heterocycles. The zero-order valence-electron chi connectivity index (χ0n) is 6.27. The van der Waals surface area contributed by atoms with Crippen LogP contribution >= 0.6 is 7.60 Å². The molecule has 0 saturated carbocycles. The van der Waals surface area contributed by atoms with Gasteiger partial charge in [0.25, 0.3) is 0 Å². The molecule has 0 aliphatic rings. The molecule has 4 N–H and O–H groups in total. The molecule has 8 heteroatoms. The number of hydrogen-bond acceptors (Lipinski definition) is 5. The van der Waals surface area contributed by atoms with E-state index in [0.29, 0.717) is 0 Å². The Hall–Kier alpha value is -1.09. The first-order chi connectivity index (χ1) is 5.39. The second-order valence-corrected chi connectivity index (χ2v) is 3.15. The van der Waals surface area contributed by atoms with E-state index in [2.05, 4.69) is 0 Å². The van der Waals surface area contributed by atoms with E-state index in [1.165, 1.54) is 6.92 Å². The molecule has 0 amide bonds. The highest BCUT2D eigenvalue weighted by atomic mass is 31.2. The summed E-state index contributed by atoms with van der Waals surface area (Å²) in [6.45, 7) is 1.45. The molecule has 0 unspecified atom stereocenters. The number of hydrogen-bond donors (Lipinski definition) is 4. The molecule has 0 radical (unpaired) electrons. The second-order valence-electron chi connectivity index (χ2n) is 1.19. The summed E-state index contributed by atoms with van der Waals surface area (Å²) in [5.74, 6) is 0. The molecule has 7 nitrogen and oxygen atoms in total. The first-order valence-electron chi connectivity index (χ1n) is 2.51. The summed E-state index contributed by atoms with van der Waals surface area (Å²) < 4.78 is 9.69. The van der Waals surface area contributed by atoms with Crippen LogP contribution in [0.4, 0.5) is 0 Å². The summed E-state index contributed by atoms with van der Waals surface area (Å²) in [5.41, 5.74) is 0. The second kappa shape index (κ2) is 12.6. The maximum absolute atomic E-state index is 9.69. The Kier molecular flexibility index (Phi) is 17.9. The van der Waals surface area contributed by atoms with Crippen LogP contribution in [0, 0.1) is 10.8 Å². The largest absolute Gasteiger partial charge is 0.325 e. The van der Waals surface area contributed by atoms with Crippen LogP contribution in [-0.2, 0) is 14.2 Å². The van der Waals surface area contributed by atoms with E-state index in [1.807, 2.05) is 0 Å². The minimum absolute atomic E-state index is 0.0625. The van der Waals surface area contributed by atoms with Crippen molar-refractivity contribution in [1.82, 2.24) is 0 Å². The lowest BCUT2D eigenvalue weighted by molar-refractivity contribution is 0.375. The zero-order valence-corrected chi connectivity index (χ0v) is 7.17. The van der Waals surface area contributed by atoms with Gasteiger partial charge in [-0.25, -0.2) is 20.4 Å². The van der Waals surface area contributed by atoms with Crippen molar-refractivity contribution in [1.29, 1.82) is 10.8 Å². The fraction of sp³-hybridized carbons (Fsp3) is 0.500. The Morgan fingerprint density at radius 2 is 1.33 bits per heavy atom. The van der Waals surface area contributed by atoms with Crippen LogP contribution in [0.1, 0.15) is 6.92 Å². The number of isocyanates is 2. The molecule has 12 heavy (non-hydrogen) atoms. The Morgan fingerprint density at radius 1 is 1.25 bits per heavy atom. The maximum atomic E-state index is 9.69. The SMILES string of the molecule is CCP(=O)(O)O.N=C=O.N=C=O. The monoisotopic (exact) mass is 196 g/mol. The van der Waals surface area contributed by atoms with Crippen LogP contribution in [0.2, 0.25) is 0 Å².